The Hall–Kier alpha value is -3.81. The maximum atomic E-state index is 13.6. The number of aliphatic imine (C=N–C) groups is 1. The summed E-state index contributed by atoms with van der Waals surface area (Å²) in [6.07, 6.45) is 1.89. The Labute approximate surface area is 234 Å². The average Bonchev–Trinajstić information content (AvgIpc) is 3.23. The second-order valence-corrected chi connectivity index (χ2v) is 10.5. The zero-order valence-electron chi connectivity index (χ0n) is 20.7. The van der Waals surface area contributed by atoms with E-state index >= 15 is 0 Å². The molecule has 1 heterocycles. The van der Waals surface area contributed by atoms with Crippen molar-refractivity contribution in [1.29, 1.82) is 0 Å². The first-order chi connectivity index (χ1) is 18.6. The van der Waals surface area contributed by atoms with Crippen molar-refractivity contribution >= 4 is 50.5 Å². The molecule has 4 aromatic carbocycles. The summed E-state index contributed by atoms with van der Waals surface area (Å²) in [6.45, 7) is 0.833. The van der Waals surface area contributed by atoms with E-state index in [1.54, 1.807) is 12.0 Å². The smallest absolute Gasteiger partial charge is 0.267 e. The first-order valence-corrected chi connectivity index (χ1v) is 13.6. The number of benzene rings is 4. The maximum absolute atomic E-state index is 13.6. The van der Waals surface area contributed by atoms with Crippen LogP contribution in [0.2, 0.25) is 0 Å². The number of carbonyl (C=O) groups excluding carboxylic acids is 1. The average molecular weight is 586 g/mol. The summed E-state index contributed by atoms with van der Waals surface area (Å²) < 4.78 is 12.4. The quantitative estimate of drug-likeness (QED) is 0.198. The molecule has 7 heteroatoms. The minimum absolute atomic E-state index is 0.0942. The lowest BCUT2D eigenvalue weighted by atomic mass is 10.1. The summed E-state index contributed by atoms with van der Waals surface area (Å²) in [5.74, 6) is 1.39. The van der Waals surface area contributed by atoms with Crippen molar-refractivity contribution in [2.45, 2.75) is 13.2 Å². The Bertz CT molecular complexity index is 1470. The number of thioether (sulfide) groups is 1. The molecule has 1 fully saturated rings. The van der Waals surface area contributed by atoms with Crippen molar-refractivity contribution in [1.82, 2.24) is 4.90 Å². The lowest BCUT2D eigenvalue weighted by Gasteiger charge is -2.16. The third-order valence-electron chi connectivity index (χ3n) is 5.88. The zero-order valence-corrected chi connectivity index (χ0v) is 23.1. The number of nitrogens with zero attached hydrogens (tertiary/aromatic N) is 2. The molecule has 5 rings (SSSR count). The van der Waals surface area contributed by atoms with Crippen LogP contribution in [-0.4, -0.2) is 23.1 Å². The Kier molecular flexibility index (Phi) is 8.26. The molecule has 0 aliphatic carbocycles. The predicted molar refractivity (Wildman–Crippen MR) is 158 cm³/mol. The van der Waals surface area contributed by atoms with Crippen LogP contribution in [0.1, 0.15) is 16.7 Å². The number of hydrogen-bond donors (Lipinski definition) is 0. The predicted octanol–water partition coefficient (Wildman–Crippen LogP) is 7.84. The van der Waals surface area contributed by atoms with Crippen LogP contribution in [0.25, 0.3) is 6.08 Å². The minimum Gasteiger partial charge on any atom is -0.497 e. The molecule has 38 heavy (non-hydrogen) atoms. The van der Waals surface area contributed by atoms with E-state index in [1.165, 1.54) is 11.8 Å². The molecule has 1 saturated heterocycles. The van der Waals surface area contributed by atoms with Crippen molar-refractivity contribution in [3.63, 3.8) is 0 Å². The number of methoxy groups -OCH3 is 1. The summed E-state index contributed by atoms with van der Waals surface area (Å²) >= 11 is 4.83. The lowest BCUT2D eigenvalue weighted by molar-refractivity contribution is -0.122. The van der Waals surface area contributed by atoms with Gasteiger partial charge in [-0.1, -0.05) is 76.6 Å². The molecule has 0 N–H and O–H groups in total. The van der Waals surface area contributed by atoms with Gasteiger partial charge < -0.3 is 9.47 Å². The molecule has 1 amide bonds. The van der Waals surface area contributed by atoms with E-state index in [0.717, 1.165) is 32.6 Å². The van der Waals surface area contributed by atoms with Crippen LogP contribution in [-0.2, 0) is 17.9 Å². The van der Waals surface area contributed by atoms with Gasteiger partial charge in [-0.2, -0.15) is 0 Å². The van der Waals surface area contributed by atoms with E-state index in [1.807, 2.05) is 109 Å². The molecule has 1 aliphatic heterocycles. The highest BCUT2D eigenvalue weighted by Gasteiger charge is 2.33. The zero-order chi connectivity index (χ0) is 26.3. The number of halogens is 1. The number of rotatable bonds is 8. The van der Waals surface area contributed by atoms with Gasteiger partial charge in [-0.3, -0.25) is 9.69 Å². The van der Waals surface area contributed by atoms with Crippen molar-refractivity contribution in [3.05, 3.63) is 129 Å². The Balaban J connectivity index is 1.42. The number of hydrogen-bond acceptors (Lipinski definition) is 5. The highest BCUT2D eigenvalue weighted by molar-refractivity contribution is 9.10. The van der Waals surface area contributed by atoms with Crippen LogP contribution in [0, 0.1) is 0 Å². The SMILES string of the molecule is COc1ccc(CN2C(=O)/C(=C/c3ccccc3OCc3ccc(Br)cc3)SC2=Nc2ccccc2)cc1. The van der Waals surface area contributed by atoms with Crippen LogP contribution in [0.5, 0.6) is 11.5 Å². The molecule has 0 radical (unpaired) electrons. The highest BCUT2D eigenvalue weighted by Crippen LogP contribution is 2.36. The number of ether oxygens (including phenoxy) is 2. The maximum Gasteiger partial charge on any atom is 0.267 e. The van der Waals surface area contributed by atoms with Crippen LogP contribution >= 0.6 is 27.7 Å². The molecule has 0 aromatic heterocycles. The fourth-order valence-corrected chi connectivity index (χ4v) is 5.12. The molecule has 190 valence electrons. The number of carbonyl (C=O) groups is 1. The largest absolute Gasteiger partial charge is 0.497 e. The first-order valence-electron chi connectivity index (χ1n) is 12.0. The van der Waals surface area contributed by atoms with Crippen LogP contribution < -0.4 is 9.47 Å². The van der Waals surface area contributed by atoms with Gasteiger partial charge in [0.15, 0.2) is 5.17 Å². The molecule has 0 atom stereocenters. The molecular formula is C31H25BrN2O3S. The Morgan fingerprint density at radius 1 is 0.868 bits per heavy atom. The molecular weight excluding hydrogens is 560 g/mol. The monoisotopic (exact) mass is 584 g/mol. The third kappa shape index (κ3) is 6.36. The summed E-state index contributed by atoms with van der Waals surface area (Å²) in [4.78, 5) is 20.8. The second-order valence-electron chi connectivity index (χ2n) is 8.53. The second kappa shape index (κ2) is 12.2. The van der Waals surface area contributed by atoms with Crippen molar-refractivity contribution < 1.29 is 14.3 Å². The molecule has 4 aromatic rings. The van der Waals surface area contributed by atoms with Crippen LogP contribution in [0.15, 0.2) is 117 Å². The van der Waals surface area contributed by atoms with Crippen LogP contribution in [0.3, 0.4) is 0 Å². The lowest BCUT2D eigenvalue weighted by Crippen LogP contribution is -2.28. The standard InChI is InChI=1S/C31H25BrN2O3S/c1-36-27-17-13-22(14-18-27)20-34-30(35)29(38-31(34)33-26-8-3-2-4-9-26)19-24-7-5-6-10-28(24)37-21-23-11-15-25(32)16-12-23/h2-19H,20-21H2,1H3/b29-19-,33-31?. The van der Waals surface area contributed by atoms with Gasteiger partial charge in [-0.25, -0.2) is 4.99 Å². The van der Waals surface area contributed by atoms with Gasteiger partial charge in [0.2, 0.25) is 0 Å². The Morgan fingerprint density at radius 2 is 1.55 bits per heavy atom. The van der Waals surface area contributed by atoms with Crippen molar-refractivity contribution in [2.75, 3.05) is 7.11 Å². The van der Waals surface area contributed by atoms with Gasteiger partial charge >= 0.3 is 0 Å². The van der Waals surface area contributed by atoms with Gasteiger partial charge in [0.05, 0.1) is 24.2 Å². The third-order valence-corrected chi connectivity index (χ3v) is 7.42. The molecule has 0 spiro atoms. The van der Waals surface area contributed by atoms with Gasteiger partial charge in [0.1, 0.15) is 18.1 Å². The Morgan fingerprint density at radius 3 is 2.29 bits per heavy atom. The molecule has 0 bridgehead atoms. The minimum atomic E-state index is -0.0942. The number of amidine groups is 1. The van der Waals surface area contributed by atoms with Gasteiger partial charge in [-0.05, 0) is 71.4 Å². The first kappa shape index (κ1) is 25.8. The van der Waals surface area contributed by atoms with E-state index in [0.29, 0.717) is 29.0 Å². The van der Waals surface area contributed by atoms with Crippen molar-refractivity contribution in [2.24, 2.45) is 4.99 Å². The van der Waals surface area contributed by atoms with E-state index in [4.69, 9.17) is 14.5 Å². The topological polar surface area (TPSA) is 51.1 Å². The van der Waals surface area contributed by atoms with E-state index in [9.17, 15) is 4.79 Å². The normalized spacial score (nSPS) is 15.3. The fourth-order valence-electron chi connectivity index (χ4n) is 3.87. The summed E-state index contributed by atoms with van der Waals surface area (Å²) in [7, 11) is 1.64. The molecule has 0 saturated carbocycles. The highest BCUT2D eigenvalue weighted by atomic mass is 79.9. The molecule has 5 nitrogen and oxygen atoms in total. The molecule has 1 aliphatic rings. The van der Waals surface area contributed by atoms with E-state index < -0.39 is 0 Å². The summed E-state index contributed by atoms with van der Waals surface area (Å²) in [5, 5.41) is 0.636. The van der Waals surface area contributed by atoms with Gasteiger partial charge in [0.25, 0.3) is 5.91 Å². The van der Waals surface area contributed by atoms with E-state index in [2.05, 4.69) is 15.9 Å². The van der Waals surface area contributed by atoms with Gasteiger partial charge in [0, 0.05) is 10.0 Å². The van der Waals surface area contributed by atoms with Crippen LogP contribution in [0.4, 0.5) is 5.69 Å². The van der Waals surface area contributed by atoms with Gasteiger partial charge in [-0.15, -0.1) is 0 Å². The fraction of sp³-hybridized carbons (Fsp3) is 0.0968. The van der Waals surface area contributed by atoms with Crippen molar-refractivity contribution in [3.8, 4) is 11.5 Å². The summed E-state index contributed by atoms with van der Waals surface area (Å²) in [6, 6.07) is 33.2. The van der Waals surface area contributed by atoms with E-state index in [-0.39, 0.29) is 5.91 Å². The summed E-state index contributed by atoms with van der Waals surface area (Å²) in [5.41, 5.74) is 3.68. The number of amides is 1. The molecule has 0 unspecified atom stereocenters. The number of para-hydroxylation sites is 2.